The molecular weight excluding hydrogens is 435 g/mol. The van der Waals surface area contributed by atoms with E-state index in [-0.39, 0.29) is 31.4 Å². The Labute approximate surface area is 178 Å². The molecule has 0 spiro atoms. The van der Waals surface area contributed by atoms with E-state index in [1.165, 1.54) is 32.6 Å². The number of amides is 1. The highest BCUT2D eigenvalue weighted by Crippen LogP contribution is 2.42. The molecule has 32 heavy (non-hydrogen) atoms. The van der Waals surface area contributed by atoms with Crippen molar-refractivity contribution >= 4 is 11.9 Å². The molecule has 0 radical (unpaired) electrons. The van der Waals surface area contributed by atoms with Crippen LogP contribution in [0.5, 0.6) is 0 Å². The Morgan fingerprint density at radius 2 is 2.03 bits per heavy atom. The van der Waals surface area contributed by atoms with Crippen molar-refractivity contribution in [1.29, 1.82) is 0 Å². The van der Waals surface area contributed by atoms with Crippen LogP contribution in [0, 0.1) is 10.1 Å². The Kier molecular flexibility index (Phi) is 5.63. The lowest BCUT2D eigenvalue weighted by Crippen LogP contribution is -2.26. The molecule has 0 aliphatic heterocycles. The Morgan fingerprint density at radius 1 is 1.25 bits per heavy atom. The molecule has 0 aromatic carbocycles. The van der Waals surface area contributed by atoms with Gasteiger partial charge in [0.15, 0.2) is 12.4 Å². The van der Waals surface area contributed by atoms with Crippen LogP contribution in [0.15, 0.2) is 24.7 Å². The summed E-state index contributed by atoms with van der Waals surface area (Å²) < 4.78 is 42.8. The molecule has 3 aromatic rings. The van der Waals surface area contributed by atoms with Crippen molar-refractivity contribution in [3.05, 3.63) is 51.9 Å². The van der Waals surface area contributed by atoms with Crippen molar-refractivity contribution in [1.82, 2.24) is 39.6 Å². The van der Waals surface area contributed by atoms with E-state index in [9.17, 15) is 28.1 Å². The first-order valence-electron chi connectivity index (χ1n) is 9.71. The molecule has 170 valence electrons. The van der Waals surface area contributed by atoms with Crippen molar-refractivity contribution < 1.29 is 22.9 Å². The summed E-state index contributed by atoms with van der Waals surface area (Å²) in [5.41, 5.74) is -0.195. The number of halogens is 3. The minimum absolute atomic E-state index is 0.0267. The monoisotopic (exact) mass is 453 g/mol. The van der Waals surface area contributed by atoms with Crippen molar-refractivity contribution in [3.8, 4) is 0 Å². The Morgan fingerprint density at radius 3 is 2.69 bits per heavy atom. The standard InChI is InChI=1S/C17H18F3N9O3/c18-17(19,20)14-8-13(11-2-3-11)28(24-14)6-1-5-21-15(30)12-4-7-26(23-12)10-27-9-22-16(25-27)29(31)32/h4,7-9,11H,1-3,5-6,10H2,(H,21,30). The molecule has 0 saturated heterocycles. The fraction of sp³-hybridized carbons (Fsp3) is 0.471. The van der Waals surface area contributed by atoms with Crippen LogP contribution in [-0.2, 0) is 19.4 Å². The molecule has 12 nitrogen and oxygen atoms in total. The zero-order valence-corrected chi connectivity index (χ0v) is 16.6. The van der Waals surface area contributed by atoms with E-state index in [0.717, 1.165) is 18.9 Å². The molecule has 4 rings (SSSR count). The van der Waals surface area contributed by atoms with E-state index in [1.54, 1.807) is 0 Å². The van der Waals surface area contributed by atoms with Crippen LogP contribution in [0.2, 0.25) is 0 Å². The number of nitrogens with one attached hydrogen (secondary N) is 1. The average molecular weight is 453 g/mol. The maximum Gasteiger partial charge on any atom is 0.491 e. The Bertz CT molecular complexity index is 1130. The van der Waals surface area contributed by atoms with E-state index in [0.29, 0.717) is 12.1 Å². The van der Waals surface area contributed by atoms with Crippen LogP contribution in [0.1, 0.15) is 47.1 Å². The van der Waals surface area contributed by atoms with Gasteiger partial charge >= 0.3 is 12.1 Å². The molecule has 1 N–H and O–H groups in total. The molecule has 3 heterocycles. The van der Waals surface area contributed by atoms with Gasteiger partial charge in [0.05, 0.1) is 0 Å². The van der Waals surface area contributed by atoms with Crippen LogP contribution < -0.4 is 5.32 Å². The summed E-state index contributed by atoms with van der Waals surface area (Å²) in [6.45, 7) is 0.507. The van der Waals surface area contributed by atoms with Crippen LogP contribution in [0.3, 0.4) is 0 Å². The first kappa shape index (κ1) is 21.5. The smallest absolute Gasteiger partial charge is 0.390 e. The van der Waals surface area contributed by atoms with Gasteiger partial charge in [-0.2, -0.15) is 28.1 Å². The van der Waals surface area contributed by atoms with Gasteiger partial charge in [-0.3, -0.25) is 9.48 Å². The first-order valence-corrected chi connectivity index (χ1v) is 9.71. The summed E-state index contributed by atoms with van der Waals surface area (Å²) in [5, 5.41) is 24.7. The number of aryl methyl sites for hydroxylation is 1. The van der Waals surface area contributed by atoms with Crippen LogP contribution in [0.25, 0.3) is 0 Å². The predicted octanol–water partition coefficient (Wildman–Crippen LogP) is 1.80. The molecule has 3 aromatic heterocycles. The second-order valence-corrected chi connectivity index (χ2v) is 7.28. The Hall–Kier alpha value is -3.78. The third-order valence-corrected chi connectivity index (χ3v) is 4.78. The van der Waals surface area contributed by atoms with Crippen LogP contribution in [0.4, 0.5) is 19.1 Å². The summed E-state index contributed by atoms with van der Waals surface area (Å²) in [6, 6.07) is 2.57. The zero-order chi connectivity index (χ0) is 22.9. The fourth-order valence-electron chi connectivity index (χ4n) is 3.12. The number of hydrogen-bond donors (Lipinski definition) is 1. The van der Waals surface area contributed by atoms with Crippen molar-refractivity contribution in [2.24, 2.45) is 0 Å². The quantitative estimate of drug-likeness (QED) is 0.296. The highest BCUT2D eigenvalue weighted by molar-refractivity contribution is 5.92. The van der Waals surface area contributed by atoms with Gasteiger partial charge in [0.2, 0.25) is 6.33 Å². The third kappa shape index (κ3) is 4.92. The van der Waals surface area contributed by atoms with Gasteiger partial charge in [-0.15, -0.1) is 0 Å². The molecule has 1 amide bonds. The predicted molar refractivity (Wildman–Crippen MR) is 100 cm³/mol. The van der Waals surface area contributed by atoms with Crippen LogP contribution in [-0.4, -0.2) is 51.7 Å². The zero-order valence-electron chi connectivity index (χ0n) is 16.6. The van der Waals surface area contributed by atoms with E-state index >= 15 is 0 Å². The topological polar surface area (TPSA) is 139 Å². The van der Waals surface area contributed by atoms with E-state index < -0.39 is 28.6 Å². The van der Waals surface area contributed by atoms with Crippen molar-refractivity contribution in [2.45, 2.75) is 44.6 Å². The van der Waals surface area contributed by atoms with Gasteiger partial charge in [0.25, 0.3) is 5.91 Å². The van der Waals surface area contributed by atoms with Crippen molar-refractivity contribution in [3.63, 3.8) is 0 Å². The molecule has 1 saturated carbocycles. The van der Waals surface area contributed by atoms with Crippen LogP contribution >= 0.6 is 0 Å². The molecule has 1 aliphatic carbocycles. The molecule has 15 heteroatoms. The van der Waals surface area contributed by atoms with E-state index in [2.05, 4.69) is 25.6 Å². The molecule has 0 atom stereocenters. The van der Waals surface area contributed by atoms with Gasteiger partial charge in [0, 0.05) is 36.0 Å². The van der Waals surface area contributed by atoms with Gasteiger partial charge in [-0.1, -0.05) is 4.98 Å². The molecule has 0 bridgehead atoms. The highest BCUT2D eigenvalue weighted by Gasteiger charge is 2.37. The summed E-state index contributed by atoms with van der Waals surface area (Å²) >= 11 is 0. The lowest BCUT2D eigenvalue weighted by atomic mass is 10.2. The number of hydrogen-bond acceptors (Lipinski definition) is 7. The number of nitrogens with zero attached hydrogens (tertiary/aromatic N) is 8. The molecular formula is C17H18F3N9O3. The summed E-state index contributed by atoms with van der Waals surface area (Å²) in [6.07, 6.45) is 0.295. The normalized spacial score (nSPS) is 14.0. The lowest BCUT2D eigenvalue weighted by Gasteiger charge is -2.07. The van der Waals surface area contributed by atoms with E-state index in [4.69, 9.17) is 0 Å². The fourth-order valence-corrected chi connectivity index (χ4v) is 3.12. The second-order valence-electron chi connectivity index (χ2n) is 7.28. The number of carbonyl (C=O) groups is 1. The number of alkyl halides is 3. The minimum atomic E-state index is -4.49. The molecule has 1 aliphatic rings. The summed E-state index contributed by atoms with van der Waals surface area (Å²) in [5.74, 6) is -0.879. The third-order valence-electron chi connectivity index (χ3n) is 4.78. The lowest BCUT2D eigenvalue weighted by molar-refractivity contribution is -0.394. The van der Waals surface area contributed by atoms with Gasteiger partial charge in [-0.25, -0.2) is 4.68 Å². The average Bonchev–Trinajstić information content (AvgIpc) is 3.13. The maximum atomic E-state index is 12.9. The largest absolute Gasteiger partial charge is 0.491 e. The summed E-state index contributed by atoms with van der Waals surface area (Å²) in [4.78, 5) is 25.7. The number of carbonyl (C=O) groups excluding carboxylic acids is 1. The Balaban J connectivity index is 1.28. The SMILES string of the molecule is O=C(NCCCn1nc(C(F)(F)F)cc1C1CC1)c1ccn(Cn2cnc([N+](=O)[O-])n2)n1. The first-order chi connectivity index (χ1) is 15.2. The minimum Gasteiger partial charge on any atom is -0.390 e. The number of rotatable bonds is 9. The highest BCUT2D eigenvalue weighted by atomic mass is 19.4. The molecule has 0 unspecified atom stereocenters. The van der Waals surface area contributed by atoms with Gasteiger partial charge in [0.1, 0.15) is 5.69 Å². The van der Waals surface area contributed by atoms with Gasteiger partial charge < -0.3 is 15.4 Å². The van der Waals surface area contributed by atoms with Crippen molar-refractivity contribution in [2.75, 3.05) is 6.54 Å². The van der Waals surface area contributed by atoms with Gasteiger partial charge in [-0.05, 0) is 36.3 Å². The second kappa shape index (κ2) is 8.39. The number of nitro groups is 1. The maximum absolute atomic E-state index is 12.9. The van der Waals surface area contributed by atoms with E-state index in [1.807, 2.05) is 0 Å². The number of aromatic nitrogens is 7. The molecule has 1 fully saturated rings. The summed E-state index contributed by atoms with van der Waals surface area (Å²) in [7, 11) is 0.